The monoisotopic (exact) mass is 328 g/mol. The third-order valence-corrected chi connectivity index (χ3v) is 4.67. The van der Waals surface area contributed by atoms with Gasteiger partial charge in [-0.3, -0.25) is 4.79 Å². The topological polar surface area (TPSA) is 34.0 Å². The third-order valence-electron chi connectivity index (χ3n) is 3.69. The summed E-state index contributed by atoms with van der Waals surface area (Å²) >= 11 is 1.62. The number of amides is 1. The largest absolute Gasteiger partial charge is 0.346 e. The van der Waals surface area contributed by atoms with Gasteiger partial charge in [-0.15, -0.1) is 11.3 Å². The van der Waals surface area contributed by atoms with Gasteiger partial charge < -0.3 is 9.88 Å². The molecular formula is C18H17FN2OS. The molecule has 0 bridgehead atoms. The van der Waals surface area contributed by atoms with Gasteiger partial charge in [-0.2, -0.15) is 0 Å². The fourth-order valence-electron chi connectivity index (χ4n) is 2.45. The molecular weight excluding hydrogens is 311 g/mol. The van der Waals surface area contributed by atoms with Crippen molar-refractivity contribution in [2.24, 2.45) is 0 Å². The number of hydrogen-bond donors (Lipinski definition) is 1. The van der Waals surface area contributed by atoms with E-state index in [1.807, 2.05) is 46.6 Å². The molecule has 2 aromatic heterocycles. The fourth-order valence-corrected chi connectivity index (χ4v) is 3.28. The summed E-state index contributed by atoms with van der Waals surface area (Å²) in [6, 6.07) is 12.5. The van der Waals surface area contributed by atoms with Crippen LogP contribution in [0.3, 0.4) is 0 Å². The van der Waals surface area contributed by atoms with E-state index in [4.69, 9.17) is 0 Å². The molecule has 5 heteroatoms. The van der Waals surface area contributed by atoms with Gasteiger partial charge in [0, 0.05) is 23.0 Å². The lowest BCUT2D eigenvalue weighted by molar-refractivity contribution is -0.116. The van der Waals surface area contributed by atoms with E-state index in [9.17, 15) is 9.18 Å². The number of rotatable bonds is 5. The molecule has 0 aliphatic heterocycles. The molecule has 0 fully saturated rings. The fraction of sp³-hybridized carbons (Fsp3) is 0.167. The standard InChI is InChI=1S/C18H17FN2OS/c1-13-6-7-14(11-15(13)19)20-18(22)12-16(17-5-4-10-23-17)21-8-2-3-9-21/h2-11,16H,12H2,1H3,(H,20,22)/t16-/m1/s1. The van der Waals surface area contributed by atoms with E-state index in [-0.39, 0.29) is 17.8 Å². The zero-order valence-electron chi connectivity index (χ0n) is 12.7. The lowest BCUT2D eigenvalue weighted by atomic mass is 10.1. The highest BCUT2D eigenvalue weighted by molar-refractivity contribution is 7.10. The van der Waals surface area contributed by atoms with E-state index >= 15 is 0 Å². The molecule has 0 unspecified atom stereocenters. The maximum atomic E-state index is 13.6. The van der Waals surface area contributed by atoms with E-state index in [1.165, 1.54) is 6.07 Å². The highest BCUT2D eigenvalue weighted by Gasteiger charge is 2.18. The summed E-state index contributed by atoms with van der Waals surface area (Å²) in [6.45, 7) is 1.69. The predicted molar refractivity (Wildman–Crippen MR) is 91.3 cm³/mol. The minimum Gasteiger partial charge on any atom is -0.346 e. The Kier molecular flexibility index (Phi) is 4.57. The van der Waals surface area contributed by atoms with Crippen LogP contribution < -0.4 is 5.32 Å². The van der Waals surface area contributed by atoms with Crippen molar-refractivity contribution in [2.75, 3.05) is 5.32 Å². The Morgan fingerprint density at radius 3 is 2.70 bits per heavy atom. The van der Waals surface area contributed by atoms with Crippen LogP contribution in [-0.2, 0) is 4.79 Å². The quantitative estimate of drug-likeness (QED) is 0.729. The van der Waals surface area contributed by atoms with Gasteiger partial charge in [-0.05, 0) is 48.2 Å². The number of aromatic nitrogens is 1. The number of benzene rings is 1. The summed E-state index contributed by atoms with van der Waals surface area (Å²) in [5.74, 6) is -0.455. The van der Waals surface area contributed by atoms with Crippen LogP contribution in [0, 0.1) is 12.7 Å². The SMILES string of the molecule is Cc1ccc(NC(=O)C[C@H](c2cccs2)n2cccc2)cc1F. The first-order valence-corrected chi connectivity index (χ1v) is 8.23. The van der Waals surface area contributed by atoms with Gasteiger partial charge in [0.15, 0.2) is 0 Å². The van der Waals surface area contributed by atoms with Gasteiger partial charge >= 0.3 is 0 Å². The first-order valence-electron chi connectivity index (χ1n) is 7.35. The number of hydrogen-bond acceptors (Lipinski definition) is 2. The third kappa shape index (κ3) is 3.68. The van der Waals surface area contributed by atoms with Crippen molar-refractivity contribution in [3.8, 4) is 0 Å². The smallest absolute Gasteiger partial charge is 0.226 e. The van der Waals surface area contributed by atoms with E-state index < -0.39 is 0 Å². The minimum atomic E-state index is -0.317. The van der Waals surface area contributed by atoms with Crippen LogP contribution in [0.25, 0.3) is 0 Å². The molecule has 0 saturated carbocycles. The van der Waals surface area contributed by atoms with Gasteiger partial charge in [0.25, 0.3) is 0 Å². The molecule has 3 rings (SSSR count). The van der Waals surface area contributed by atoms with Crippen molar-refractivity contribution in [1.29, 1.82) is 0 Å². The number of anilines is 1. The molecule has 23 heavy (non-hydrogen) atoms. The van der Waals surface area contributed by atoms with E-state index in [2.05, 4.69) is 5.32 Å². The average Bonchev–Trinajstić information content (AvgIpc) is 3.21. The van der Waals surface area contributed by atoms with Gasteiger partial charge in [0.1, 0.15) is 5.82 Å². The van der Waals surface area contributed by atoms with Crippen molar-refractivity contribution < 1.29 is 9.18 Å². The maximum Gasteiger partial charge on any atom is 0.226 e. The Bertz CT molecular complexity index is 747. The lowest BCUT2D eigenvalue weighted by Crippen LogP contribution is -2.19. The van der Waals surface area contributed by atoms with Crippen molar-refractivity contribution in [3.05, 3.63) is 76.5 Å². The summed E-state index contributed by atoms with van der Waals surface area (Å²) in [4.78, 5) is 13.5. The summed E-state index contributed by atoms with van der Waals surface area (Å²) in [5.41, 5.74) is 1.04. The Balaban J connectivity index is 1.75. The van der Waals surface area contributed by atoms with Crippen LogP contribution in [0.4, 0.5) is 10.1 Å². The molecule has 1 amide bonds. The molecule has 1 atom stereocenters. The van der Waals surface area contributed by atoms with Crippen LogP contribution in [0.1, 0.15) is 22.9 Å². The second kappa shape index (κ2) is 6.79. The lowest BCUT2D eigenvalue weighted by Gasteiger charge is -2.17. The van der Waals surface area contributed by atoms with Gasteiger partial charge in [-0.1, -0.05) is 12.1 Å². The van der Waals surface area contributed by atoms with Crippen LogP contribution in [-0.4, -0.2) is 10.5 Å². The van der Waals surface area contributed by atoms with Gasteiger partial charge in [-0.25, -0.2) is 4.39 Å². The number of nitrogens with zero attached hydrogens (tertiary/aromatic N) is 1. The molecule has 118 valence electrons. The molecule has 3 aromatic rings. The zero-order chi connectivity index (χ0) is 16.2. The molecule has 1 aromatic carbocycles. The van der Waals surface area contributed by atoms with Crippen molar-refractivity contribution in [1.82, 2.24) is 4.57 Å². The number of aryl methyl sites for hydroxylation is 1. The van der Waals surface area contributed by atoms with Crippen LogP contribution in [0.15, 0.2) is 60.2 Å². The normalized spacial score (nSPS) is 12.1. The molecule has 0 radical (unpaired) electrons. The number of thiophene rings is 1. The number of carbonyl (C=O) groups is 1. The van der Waals surface area contributed by atoms with Gasteiger partial charge in [0.05, 0.1) is 12.5 Å². The molecule has 0 spiro atoms. The van der Waals surface area contributed by atoms with Crippen LogP contribution in [0.2, 0.25) is 0 Å². The Morgan fingerprint density at radius 2 is 2.04 bits per heavy atom. The second-order valence-electron chi connectivity index (χ2n) is 5.38. The van der Waals surface area contributed by atoms with Crippen LogP contribution >= 0.6 is 11.3 Å². The first kappa shape index (κ1) is 15.5. The molecule has 3 nitrogen and oxygen atoms in total. The summed E-state index contributed by atoms with van der Waals surface area (Å²) in [5, 5.41) is 4.78. The second-order valence-corrected chi connectivity index (χ2v) is 6.36. The molecule has 0 aliphatic rings. The summed E-state index contributed by atoms with van der Waals surface area (Å²) in [7, 11) is 0. The Morgan fingerprint density at radius 1 is 1.26 bits per heavy atom. The highest BCUT2D eigenvalue weighted by atomic mass is 32.1. The maximum absolute atomic E-state index is 13.6. The zero-order valence-corrected chi connectivity index (χ0v) is 13.5. The first-order chi connectivity index (χ1) is 11.1. The molecule has 1 N–H and O–H groups in total. The average molecular weight is 328 g/mol. The summed E-state index contributed by atoms with van der Waals surface area (Å²) < 4.78 is 15.6. The van der Waals surface area contributed by atoms with E-state index in [1.54, 1.807) is 30.4 Å². The predicted octanol–water partition coefficient (Wildman–Crippen LogP) is 4.62. The van der Waals surface area contributed by atoms with Crippen LogP contribution in [0.5, 0.6) is 0 Å². The summed E-state index contributed by atoms with van der Waals surface area (Å²) in [6.07, 6.45) is 4.19. The minimum absolute atomic E-state index is 0.0553. The Hall–Kier alpha value is -2.40. The molecule has 0 saturated heterocycles. The number of halogens is 1. The van der Waals surface area contributed by atoms with Crippen molar-refractivity contribution in [3.63, 3.8) is 0 Å². The van der Waals surface area contributed by atoms with E-state index in [0.29, 0.717) is 17.7 Å². The molecule has 2 heterocycles. The highest BCUT2D eigenvalue weighted by Crippen LogP contribution is 2.27. The van der Waals surface area contributed by atoms with Crippen molar-refractivity contribution in [2.45, 2.75) is 19.4 Å². The Labute approximate surface area is 138 Å². The van der Waals surface area contributed by atoms with Gasteiger partial charge in [0.2, 0.25) is 5.91 Å². The number of nitrogens with one attached hydrogen (secondary N) is 1. The van der Waals surface area contributed by atoms with Crippen molar-refractivity contribution >= 4 is 22.9 Å². The molecule has 0 aliphatic carbocycles. The number of carbonyl (C=O) groups excluding carboxylic acids is 1. The van der Waals surface area contributed by atoms with E-state index in [0.717, 1.165) is 4.88 Å².